The number of benzene rings is 1. The van der Waals surface area contributed by atoms with Gasteiger partial charge in [-0.25, -0.2) is 4.98 Å². The Labute approximate surface area is 137 Å². The number of aromatic amines is 1. The SMILES string of the molecule is Cc1sc2nc(CNCc3ccccc3Cl)[nH]c(=O)c2c1C. The van der Waals surface area contributed by atoms with Gasteiger partial charge in [-0.2, -0.15) is 0 Å². The normalized spacial score (nSPS) is 11.2. The largest absolute Gasteiger partial charge is 0.309 e. The number of nitrogens with zero attached hydrogens (tertiary/aromatic N) is 1. The Kier molecular flexibility index (Phi) is 4.29. The molecule has 0 bridgehead atoms. The monoisotopic (exact) mass is 333 g/mol. The van der Waals surface area contributed by atoms with Crippen molar-refractivity contribution in [1.82, 2.24) is 15.3 Å². The lowest BCUT2D eigenvalue weighted by Crippen LogP contribution is -2.19. The van der Waals surface area contributed by atoms with Gasteiger partial charge < -0.3 is 10.3 Å². The molecule has 4 nitrogen and oxygen atoms in total. The molecule has 0 fully saturated rings. The van der Waals surface area contributed by atoms with E-state index in [1.54, 1.807) is 11.3 Å². The quantitative estimate of drug-likeness (QED) is 0.767. The van der Waals surface area contributed by atoms with Crippen molar-refractivity contribution in [3.05, 3.63) is 61.5 Å². The standard InChI is InChI=1S/C16H16ClN3OS/c1-9-10(2)22-16-14(9)15(21)19-13(20-16)8-18-7-11-5-3-4-6-12(11)17/h3-6,18H,7-8H2,1-2H3,(H,19,20,21). The Morgan fingerprint density at radius 1 is 1.27 bits per heavy atom. The summed E-state index contributed by atoms with van der Waals surface area (Å²) in [4.78, 5) is 21.5. The van der Waals surface area contributed by atoms with Crippen LogP contribution in [0.2, 0.25) is 5.02 Å². The van der Waals surface area contributed by atoms with E-state index in [4.69, 9.17) is 11.6 Å². The highest BCUT2D eigenvalue weighted by Gasteiger charge is 2.11. The fourth-order valence-corrected chi connectivity index (χ4v) is 3.59. The Morgan fingerprint density at radius 2 is 2.05 bits per heavy atom. The predicted octanol–water partition coefficient (Wildman–Crippen LogP) is 3.54. The zero-order chi connectivity index (χ0) is 15.7. The first kappa shape index (κ1) is 15.2. The number of thiophene rings is 1. The summed E-state index contributed by atoms with van der Waals surface area (Å²) < 4.78 is 0. The zero-order valence-electron chi connectivity index (χ0n) is 12.4. The second kappa shape index (κ2) is 6.20. The van der Waals surface area contributed by atoms with E-state index in [1.165, 1.54) is 0 Å². The summed E-state index contributed by atoms with van der Waals surface area (Å²) in [5.41, 5.74) is 1.97. The molecule has 0 aliphatic carbocycles. The number of halogens is 1. The first-order valence-electron chi connectivity index (χ1n) is 6.99. The molecule has 0 aliphatic rings. The summed E-state index contributed by atoms with van der Waals surface area (Å²) in [5, 5.41) is 4.70. The van der Waals surface area contributed by atoms with E-state index in [9.17, 15) is 4.79 Å². The van der Waals surface area contributed by atoms with Crippen LogP contribution < -0.4 is 10.9 Å². The molecule has 2 heterocycles. The summed E-state index contributed by atoms with van der Waals surface area (Å²) in [7, 11) is 0. The molecule has 0 spiro atoms. The average Bonchev–Trinajstić information content (AvgIpc) is 2.76. The van der Waals surface area contributed by atoms with Crippen LogP contribution in [0.1, 0.15) is 21.8 Å². The number of hydrogen-bond donors (Lipinski definition) is 2. The predicted molar refractivity (Wildman–Crippen MR) is 91.7 cm³/mol. The molecule has 0 aliphatic heterocycles. The van der Waals surface area contributed by atoms with Crippen molar-refractivity contribution in [2.24, 2.45) is 0 Å². The lowest BCUT2D eigenvalue weighted by molar-refractivity contribution is 0.663. The van der Waals surface area contributed by atoms with Gasteiger partial charge in [-0.05, 0) is 31.0 Å². The van der Waals surface area contributed by atoms with Crippen molar-refractivity contribution in [2.45, 2.75) is 26.9 Å². The molecule has 0 saturated heterocycles. The van der Waals surface area contributed by atoms with E-state index in [1.807, 2.05) is 38.1 Å². The van der Waals surface area contributed by atoms with Gasteiger partial charge in [0, 0.05) is 16.4 Å². The highest BCUT2D eigenvalue weighted by Crippen LogP contribution is 2.25. The molecular formula is C16H16ClN3OS. The molecule has 0 atom stereocenters. The van der Waals surface area contributed by atoms with Gasteiger partial charge >= 0.3 is 0 Å². The minimum absolute atomic E-state index is 0.0682. The third-order valence-corrected chi connectivity index (χ3v) is 5.12. The van der Waals surface area contributed by atoms with Crippen molar-refractivity contribution in [2.75, 3.05) is 0 Å². The number of aryl methyl sites for hydroxylation is 2. The molecule has 3 aromatic rings. The number of fused-ring (bicyclic) bond motifs is 1. The highest BCUT2D eigenvalue weighted by atomic mass is 35.5. The number of nitrogens with one attached hydrogen (secondary N) is 2. The van der Waals surface area contributed by atoms with Gasteiger partial charge in [-0.1, -0.05) is 29.8 Å². The average molecular weight is 334 g/mol. The molecule has 6 heteroatoms. The minimum atomic E-state index is -0.0682. The maximum absolute atomic E-state index is 12.2. The van der Waals surface area contributed by atoms with Crippen LogP contribution in [0.4, 0.5) is 0 Å². The van der Waals surface area contributed by atoms with Gasteiger partial charge in [-0.15, -0.1) is 11.3 Å². The number of H-pyrrole nitrogens is 1. The van der Waals surface area contributed by atoms with E-state index in [2.05, 4.69) is 15.3 Å². The lowest BCUT2D eigenvalue weighted by atomic mass is 10.2. The molecule has 3 rings (SSSR count). The van der Waals surface area contributed by atoms with Crippen LogP contribution in [0.5, 0.6) is 0 Å². The van der Waals surface area contributed by atoms with Crippen molar-refractivity contribution in [1.29, 1.82) is 0 Å². The summed E-state index contributed by atoms with van der Waals surface area (Å²) in [6.07, 6.45) is 0. The zero-order valence-corrected chi connectivity index (χ0v) is 13.9. The number of hydrogen-bond acceptors (Lipinski definition) is 4. The van der Waals surface area contributed by atoms with Crippen LogP contribution in [0.3, 0.4) is 0 Å². The van der Waals surface area contributed by atoms with Gasteiger partial charge in [0.15, 0.2) is 0 Å². The van der Waals surface area contributed by atoms with Gasteiger partial charge in [0.05, 0.1) is 11.9 Å². The molecule has 0 saturated carbocycles. The van der Waals surface area contributed by atoms with Crippen LogP contribution in [-0.4, -0.2) is 9.97 Å². The van der Waals surface area contributed by atoms with Gasteiger partial charge in [0.25, 0.3) is 5.56 Å². The summed E-state index contributed by atoms with van der Waals surface area (Å²) in [6.45, 7) is 5.09. The molecule has 22 heavy (non-hydrogen) atoms. The third-order valence-electron chi connectivity index (χ3n) is 3.65. The molecule has 2 aromatic heterocycles. The summed E-state index contributed by atoms with van der Waals surface area (Å²) in [5.74, 6) is 0.644. The molecule has 0 radical (unpaired) electrons. The fraction of sp³-hybridized carbons (Fsp3) is 0.250. The minimum Gasteiger partial charge on any atom is -0.309 e. The molecular weight excluding hydrogens is 318 g/mol. The Hall–Kier alpha value is -1.69. The number of rotatable bonds is 4. The van der Waals surface area contributed by atoms with E-state index in [0.717, 1.165) is 25.9 Å². The van der Waals surface area contributed by atoms with E-state index in [0.29, 0.717) is 24.3 Å². The Bertz CT molecular complexity index is 885. The Balaban J connectivity index is 1.77. The third kappa shape index (κ3) is 2.92. The molecule has 2 N–H and O–H groups in total. The van der Waals surface area contributed by atoms with Crippen molar-refractivity contribution < 1.29 is 0 Å². The second-order valence-electron chi connectivity index (χ2n) is 5.17. The smallest absolute Gasteiger partial charge is 0.259 e. The molecule has 0 amide bonds. The van der Waals surface area contributed by atoms with Crippen LogP contribution in [0.25, 0.3) is 10.2 Å². The molecule has 114 valence electrons. The van der Waals surface area contributed by atoms with E-state index in [-0.39, 0.29) is 5.56 Å². The first-order valence-corrected chi connectivity index (χ1v) is 8.18. The molecule has 0 unspecified atom stereocenters. The van der Waals surface area contributed by atoms with Crippen LogP contribution in [0.15, 0.2) is 29.1 Å². The van der Waals surface area contributed by atoms with Crippen LogP contribution in [0, 0.1) is 13.8 Å². The molecule has 1 aromatic carbocycles. The first-order chi connectivity index (χ1) is 10.6. The summed E-state index contributed by atoms with van der Waals surface area (Å²) in [6, 6.07) is 7.69. The van der Waals surface area contributed by atoms with Gasteiger partial charge in [0.2, 0.25) is 0 Å². The maximum Gasteiger partial charge on any atom is 0.259 e. The van der Waals surface area contributed by atoms with E-state index >= 15 is 0 Å². The maximum atomic E-state index is 12.2. The van der Waals surface area contributed by atoms with Gasteiger partial charge in [-0.3, -0.25) is 4.79 Å². The lowest BCUT2D eigenvalue weighted by Gasteiger charge is -2.06. The van der Waals surface area contributed by atoms with Crippen molar-refractivity contribution in [3.8, 4) is 0 Å². The van der Waals surface area contributed by atoms with Crippen molar-refractivity contribution >= 4 is 33.2 Å². The van der Waals surface area contributed by atoms with Gasteiger partial charge in [0.1, 0.15) is 10.7 Å². The second-order valence-corrected chi connectivity index (χ2v) is 6.78. The van der Waals surface area contributed by atoms with Crippen molar-refractivity contribution in [3.63, 3.8) is 0 Å². The van der Waals surface area contributed by atoms with Crippen LogP contribution in [-0.2, 0) is 13.1 Å². The van der Waals surface area contributed by atoms with Crippen LogP contribution >= 0.6 is 22.9 Å². The fourth-order valence-electron chi connectivity index (χ4n) is 2.34. The Morgan fingerprint density at radius 3 is 2.82 bits per heavy atom. The van der Waals surface area contributed by atoms with E-state index < -0.39 is 0 Å². The topological polar surface area (TPSA) is 57.8 Å². The highest BCUT2D eigenvalue weighted by molar-refractivity contribution is 7.18. The summed E-state index contributed by atoms with van der Waals surface area (Å²) >= 11 is 7.68. The number of aromatic nitrogens is 2.